The summed E-state index contributed by atoms with van der Waals surface area (Å²) in [6, 6.07) is 6.16. The Balaban J connectivity index is 1.29. The van der Waals surface area contributed by atoms with Crippen LogP contribution in [0.5, 0.6) is 0 Å². The molecule has 13 nitrogen and oxygen atoms in total. The molecule has 0 unspecified atom stereocenters. The van der Waals surface area contributed by atoms with E-state index in [1.54, 1.807) is 59.6 Å². The molecule has 1 saturated heterocycles. The van der Waals surface area contributed by atoms with E-state index in [-0.39, 0.29) is 72.7 Å². The molecule has 276 valence electrons. The second-order valence-corrected chi connectivity index (χ2v) is 15.9. The minimum atomic E-state index is -1.70. The minimum absolute atomic E-state index is 0.0402. The molecule has 0 radical (unpaired) electrons. The van der Waals surface area contributed by atoms with E-state index in [0.29, 0.717) is 25.9 Å². The van der Waals surface area contributed by atoms with Crippen LogP contribution in [0.1, 0.15) is 56.3 Å². The first-order chi connectivity index (χ1) is 23.8. The van der Waals surface area contributed by atoms with Gasteiger partial charge in [-0.3, -0.25) is 14.5 Å². The fourth-order valence-electron chi connectivity index (χ4n) is 12.7. The van der Waals surface area contributed by atoms with Crippen molar-refractivity contribution in [3.63, 3.8) is 0 Å². The minimum Gasteiger partial charge on any atom is -0.461 e. The number of anilines is 1. The molecule has 2 amide bonds. The molecule has 13 heteroatoms. The van der Waals surface area contributed by atoms with E-state index >= 15 is 0 Å². The van der Waals surface area contributed by atoms with Gasteiger partial charge >= 0.3 is 5.97 Å². The molecule has 5 aliphatic carbocycles. The van der Waals surface area contributed by atoms with Crippen molar-refractivity contribution in [2.45, 2.75) is 87.6 Å². The number of fused-ring (bicyclic) bond motifs is 2. The number of para-hydroxylation sites is 1. The molecular formula is C37H53N3O10. The van der Waals surface area contributed by atoms with E-state index in [0.717, 1.165) is 6.42 Å². The SMILES string of the molecule is CCN1C[C@@]2(COC(=O)c3ccccc3NC(=O)[C@H](C)CC(N)=O)CC[C@@H](OC)[C@]34[C@@H]1[C@](O)([C@@H](OC)[C@@H]23)[C@@]1(O)C[C@@H](OC)[C@H]2C[C@H]4[C@@H]1[C@H]2OC. The largest absolute Gasteiger partial charge is 0.461 e. The van der Waals surface area contributed by atoms with Gasteiger partial charge in [0.2, 0.25) is 11.8 Å². The van der Waals surface area contributed by atoms with Crippen LogP contribution in [0.25, 0.3) is 0 Å². The molecule has 1 aliphatic heterocycles. The lowest BCUT2D eigenvalue weighted by atomic mass is 9.42. The number of methoxy groups -OCH3 is 4. The molecule has 6 aliphatic rings. The Morgan fingerprint density at radius 2 is 1.82 bits per heavy atom. The molecule has 1 aromatic rings. The van der Waals surface area contributed by atoms with Crippen molar-refractivity contribution in [3.05, 3.63) is 29.8 Å². The van der Waals surface area contributed by atoms with Gasteiger partial charge in [-0.25, -0.2) is 4.79 Å². The van der Waals surface area contributed by atoms with Crippen LogP contribution in [-0.2, 0) is 33.3 Å². The number of carbonyl (C=O) groups excluding carboxylic acids is 3. The predicted octanol–water partition coefficient (Wildman–Crippen LogP) is 1.59. The number of aliphatic hydroxyl groups is 2. The fourth-order valence-corrected chi connectivity index (χ4v) is 12.7. The summed E-state index contributed by atoms with van der Waals surface area (Å²) in [5.41, 5.74) is 1.21. The Morgan fingerprint density at radius 3 is 2.46 bits per heavy atom. The monoisotopic (exact) mass is 699 g/mol. The number of primary amides is 1. The Morgan fingerprint density at radius 1 is 1.08 bits per heavy atom. The number of hydrogen-bond acceptors (Lipinski definition) is 11. The van der Waals surface area contributed by atoms with Crippen LogP contribution in [0, 0.1) is 40.4 Å². The second kappa shape index (κ2) is 12.5. The zero-order chi connectivity index (χ0) is 36.0. The molecular weight excluding hydrogens is 646 g/mol. The van der Waals surface area contributed by atoms with Crippen molar-refractivity contribution < 1.29 is 48.3 Å². The van der Waals surface area contributed by atoms with Gasteiger partial charge in [-0.1, -0.05) is 26.0 Å². The highest BCUT2D eigenvalue weighted by atomic mass is 16.5. The smallest absolute Gasteiger partial charge is 0.340 e. The van der Waals surface area contributed by atoms with Crippen molar-refractivity contribution in [3.8, 4) is 0 Å². The summed E-state index contributed by atoms with van der Waals surface area (Å²) in [4.78, 5) is 40.5. The second-order valence-electron chi connectivity index (χ2n) is 15.9. The molecule has 7 rings (SSSR count). The summed E-state index contributed by atoms with van der Waals surface area (Å²) in [6.07, 6.45) is 0.586. The third-order valence-electron chi connectivity index (χ3n) is 14.2. The van der Waals surface area contributed by atoms with Crippen LogP contribution < -0.4 is 11.1 Å². The molecule has 1 aromatic carbocycles. The van der Waals surface area contributed by atoms with Crippen LogP contribution in [0.4, 0.5) is 5.69 Å². The Kier molecular flexibility index (Phi) is 8.93. The highest BCUT2D eigenvalue weighted by molar-refractivity contribution is 6.02. The van der Waals surface area contributed by atoms with E-state index in [9.17, 15) is 24.6 Å². The number of nitrogens with two attached hydrogens (primary N) is 1. The topological polar surface area (TPSA) is 179 Å². The van der Waals surface area contributed by atoms with Crippen LogP contribution in [0.2, 0.25) is 0 Å². The van der Waals surface area contributed by atoms with Gasteiger partial charge in [0.05, 0.1) is 48.3 Å². The number of hydrogen-bond donors (Lipinski definition) is 4. The molecule has 5 saturated carbocycles. The molecule has 50 heavy (non-hydrogen) atoms. The van der Waals surface area contributed by atoms with E-state index in [2.05, 4.69) is 17.1 Å². The molecule has 1 spiro atoms. The third kappa shape index (κ3) is 4.46. The van der Waals surface area contributed by atoms with E-state index in [1.807, 2.05) is 0 Å². The summed E-state index contributed by atoms with van der Waals surface area (Å²) in [5, 5.41) is 29.3. The zero-order valence-electron chi connectivity index (χ0n) is 29.9. The third-order valence-corrected chi connectivity index (χ3v) is 14.2. The molecule has 6 fully saturated rings. The van der Waals surface area contributed by atoms with Crippen LogP contribution in [-0.4, -0.2) is 123 Å². The van der Waals surface area contributed by atoms with Gasteiger partial charge in [-0.15, -0.1) is 0 Å². The van der Waals surface area contributed by atoms with Gasteiger partial charge in [-0.2, -0.15) is 0 Å². The highest BCUT2D eigenvalue weighted by Gasteiger charge is 2.91. The van der Waals surface area contributed by atoms with Gasteiger partial charge < -0.3 is 44.9 Å². The molecule has 0 aromatic heterocycles. The van der Waals surface area contributed by atoms with E-state index in [4.69, 9.17) is 29.4 Å². The van der Waals surface area contributed by atoms with Gasteiger partial charge in [0.25, 0.3) is 0 Å². The lowest BCUT2D eigenvalue weighted by molar-refractivity contribution is -0.320. The van der Waals surface area contributed by atoms with Crippen molar-refractivity contribution in [1.29, 1.82) is 0 Å². The normalized spacial score (nSPS) is 44.4. The van der Waals surface area contributed by atoms with Crippen LogP contribution in [0.3, 0.4) is 0 Å². The van der Waals surface area contributed by atoms with Crippen LogP contribution in [0.15, 0.2) is 24.3 Å². The Bertz CT molecular complexity index is 1530. The molecule has 1 heterocycles. The number of amides is 2. The first-order valence-corrected chi connectivity index (χ1v) is 18.0. The van der Waals surface area contributed by atoms with Gasteiger partial charge in [-0.05, 0) is 43.9 Å². The molecule has 5 N–H and O–H groups in total. The molecule has 14 atom stereocenters. The van der Waals surface area contributed by atoms with Crippen LogP contribution >= 0.6 is 0 Å². The van der Waals surface area contributed by atoms with Crippen molar-refractivity contribution in [1.82, 2.24) is 4.90 Å². The fraction of sp³-hybridized carbons (Fsp3) is 0.757. The first-order valence-electron chi connectivity index (χ1n) is 18.0. The van der Waals surface area contributed by atoms with E-state index in [1.165, 1.54) is 0 Å². The van der Waals surface area contributed by atoms with Gasteiger partial charge in [0.1, 0.15) is 11.2 Å². The molecule has 7 bridgehead atoms. The number of carbonyl (C=O) groups is 3. The number of rotatable bonds is 12. The number of esters is 1. The maximum absolute atomic E-state index is 14.0. The summed E-state index contributed by atoms with van der Waals surface area (Å²) in [7, 11) is 6.69. The number of nitrogens with zero attached hydrogens (tertiary/aromatic N) is 1. The average Bonchev–Trinajstić information content (AvgIpc) is 3.52. The standard InChI is InChI=1S/C37H53N3O10/c1-7-40-17-34(18-50-32(43)20-10-8-9-11-23(20)39-31(42)19(2)14-26(38)41)13-12-25(47-4)36-22-15-21-24(46-3)16-35(44,27(22)28(21)48-5)37(45,33(36)40)30(49-6)29(34)36/h8-11,19,21-22,24-25,27-30,33,44-45H,7,12-18H2,1-6H3,(H2,38,41)(H,39,42)/t19-,21-,22+,24-,25-,27-,28+,29+,30+,33-,34-,35-,36+,37-/m1/s1. The number of ether oxygens (including phenoxy) is 5. The number of likely N-dealkylation sites (N-methyl/N-ethyl adjacent to an activating group) is 1. The number of likely N-dealkylation sites (tertiary alicyclic amines) is 1. The Labute approximate surface area is 293 Å². The maximum atomic E-state index is 14.0. The quantitative estimate of drug-likeness (QED) is 0.233. The number of piperidine rings is 1. The zero-order valence-corrected chi connectivity index (χ0v) is 29.9. The Hall–Kier alpha value is -2.65. The summed E-state index contributed by atoms with van der Waals surface area (Å²) < 4.78 is 31.3. The van der Waals surface area contributed by atoms with Crippen molar-refractivity contribution in [2.24, 2.45) is 46.2 Å². The van der Waals surface area contributed by atoms with Gasteiger partial charge in [0.15, 0.2) is 0 Å². The van der Waals surface area contributed by atoms with Crippen molar-refractivity contribution >= 4 is 23.5 Å². The average molecular weight is 700 g/mol. The number of nitrogens with one attached hydrogen (secondary N) is 1. The number of benzene rings is 1. The summed E-state index contributed by atoms with van der Waals surface area (Å²) in [5.74, 6) is -3.02. The summed E-state index contributed by atoms with van der Waals surface area (Å²) >= 11 is 0. The first kappa shape index (κ1) is 35.7. The van der Waals surface area contributed by atoms with Gasteiger partial charge in [0, 0.05) is 82.3 Å². The lowest BCUT2D eigenvalue weighted by Gasteiger charge is -2.70. The highest BCUT2D eigenvalue weighted by Crippen LogP contribution is 2.80. The maximum Gasteiger partial charge on any atom is 0.340 e. The van der Waals surface area contributed by atoms with Crippen molar-refractivity contribution in [2.75, 3.05) is 53.5 Å². The lowest BCUT2D eigenvalue weighted by Crippen LogP contribution is -2.82. The van der Waals surface area contributed by atoms with E-state index < -0.39 is 57.9 Å². The predicted molar refractivity (Wildman–Crippen MR) is 180 cm³/mol. The summed E-state index contributed by atoms with van der Waals surface area (Å²) in [6.45, 7) is 4.84.